The Hall–Kier alpha value is -2.18. The van der Waals surface area contributed by atoms with Crippen LogP contribution in [0, 0.1) is 11.6 Å². The molecule has 1 rings (SSSR count). The first kappa shape index (κ1) is 14.9. The predicted octanol–water partition coefficient (Wildman–Crippen LogP) is 2.29. The van der Waals surface area contributed by atoms with Gasteiger partial charge in [-0.2, -0.15) is 0 Å². The Morgan fingerprint density at radius 3 is 2.53 bits per heavy atom. The lowest BCUT2D eigenvalue weighted by Crippen LogP contribution is -2.43. The summed E-state index contributed by atoms with van der Waals surface area (Å²) < 4.78 is 26.3. The summed E-state index contributed by atoms with van der Waals surface area (Å²) in [6.07, 6.45) is 0. The summed E-state index contributed by atoms with van der Waals surface area (Å²) in [6.45, 7) is 2.70. The van der Waals surface area contributed by atoms with Crippen molar-refractivity contribution in [3.8, 4) is 0 Å². The number of amides is 2. The van der Waals surface area contributed by atoms with Crippen molar-refractivity contribution in [3.05, 3.63) is 29.8 Å². The Balaban J connectivity index is 2.87. The van der Waals surface area contributed by atoms with Crippen molar-refractivity contribution in [2.75, 3.05) is 11.9 Å². The number of anilines is 1. The van der Waals surface area contributed by atoms with Crippen molar-refractivity contribution in [3.63, 3.8) is 0 Å². The molecule has 19 heavy (non-hydrogen) atoms. The van der Waals surface area contributed by atoms with Crippen molar-refractivity contribution in [1.82, 2.24) is 4.90 Å². The van der Waals surface area contributed by atoms with E-state index in [1.54, 1.807) is 13.8 Å². The van der Waals surface area contributed by atoms with Gasteiger partial charge in [-0.3, -0.25) is 4.79 Å². The number of carboxylic acids is 1. The summed E-state index contributed by atoms with van der Waals surface area (Å²) in [5.41, 5.74) is -0.332. The number of carbonyl (C=O) groups excluding carboxylic acids is 1. The van der Waals surface area contributed by atoms with Crippen molar-refractivity contribution in [2.45, 2.75) is 19.9 Å². The third-order valence-electron chi connectivity index (χ3n) is 2.36. The first-order valence-electron chi connectivity index (χ1n) is 5.55. The Morgan fingerprint density at radius 2 is 2.00 bits per heavy atom. The van der Waals surface area contributed by atoms with Gasteiger partial charge in [0.05, 0.1) is 5.69 Å². The zero-order valence-corrected chi connectivity index (χ0v) is 10.5. The molecule has 0 saturated heterocycles. The maximum absolute atomic E-state index is 13.3. The van der Waals surface area contributed by atoms with Gasteiger partial charge in [0.2, 0.25) is 0 Å². The Labute approximate surface area is 108 Å². The number of carbonyl (C=O) groups is 2. The number of hydrogen-bond acceptors (Lipinski definition) is 2. The van der Waals surface area contributed by atoms with E-state index in [4.69, 9.17) is 5.11 Å². The van der Waals surface area contributed by atoms with Crippen molar-refractivity contribution < 1.29 is 23.5 Å². The summed E-state index contributed by atoms with van der Waals surface area (Å²) >= 11 is 0. The number of nitrogens with one attached hydrogen (secondary N) is 1. The topological polar surface area (TPSA) is 69.6 Å². The van der Waals surface area contributed by atoms with Crippen LogP contribution < -0.4 is 5.32 Å². The number of carboxylic acid groups (broad SMARTS) is 1. The zero-order valence-electron chi connectivity index (χ0n) is 10.5. The lowest BCUT2D eigenvalue weighted by Gasteiger charge is -2.25. The minimum Gasteiger partial charge on any atom is -0.480 e. The second kappa shape index (κ2) is 6.12. The van der Waals surface area contributed by atoms with E-state index in [9.17, 15) is 18.4 Å². The van der Waals surface area contributed by atoms with Crippen LogP contribution in [0.1, 0.15) is 13.8 Å². The largest absolute Gasteiger partial charge is 0.480 e. The molecule has 5 nitrogen and oxygen atoms in total. The molecule has 104 valence electrons. The molecule has 0 unspecified atom stereocenters. The molecule has 0 aromatic heterocycles. The third kappa shape index (κ3) is 4.20. The lowest BCUT2D eigenvalue weighted by molar-refractivity contribution is -0.137. The molecule has 0 atom stereocenters. The van der Waals surface area contributed by atoms with E-state index in [1.165, 1.54) is 0 Å². The van der Waals surface area contributed by atoms with E-state index in [2.05, 4.69) is 5.32 Å². The highest BCUT2D eigenvalue weighted by Crippen LogP contribution is 2.16. The van der Waals surface area contributed by atoms with E-state index in [-0.39, 0.29) is 5.69 Å². The van der Waals surface area contributed by atoms with Crippen LogP contribution in [0.4, 0.5) is 19.3 Å². The van der Waals surface area contributed by atoms with Crippen LogP contribution in [0.3, 0.4) is 0 Å². The fourth-order valence-electron chi connectivity index (χ4n) is 1.41. The quantitative estimate of drug-likeness (QED) is 0.883. The highest BCUT2D eigenvalue weighted by atomic mass is 19.1. The molecule has 0 aliphatic carbocycles. The van der Waals surface area contributed by atoms with Crippen LogP contribution >= 0.6 is 0 Å². The van der Waals surface area contributed by atoms with E-state index in [0.717, 1.165) is 23.1 Å². The Bertz CT molecular complexity index is 492. The fraction of sp³-hybridized carbons (Fsp3) is 0.333. The number of rotatable bonds is 4. The first-order valence-corrected chi connectivity index (χ1v) is 5.55. The molecule has 0 spiro atoms. The third-order valence-corrected chi connectivity index (χ3v) is 2.36. The van der Waals surface area contributed by atoms with Gasteiger partial charge in [0.15, 0.2) is 0 Å². The molecular formula is C12H14F2N2O3. The molecule has 0 radical (unpaired) electrons. The van der Waals surface area contributed by atoms with E-state index < -0.39 is 36.2 Å². The monoisotopic (exact) mass is 272 g/mol. The lowest BCUT2D eigenvalue weighted by atomic mass is 10.3. The summed E-state index contributed by atoms with van der Waals surface area (Å²) in [4.78, 5) is 23.4. The number of hydrogen-bond donors (Lipinski definition) is 2. The number of halogens is 2. The molecule has 1 aromatic rings. The van der Waals surface area contributed by atoms with Gasteiger partial charge in [-0.25, -0.2) is 13.6 Å². The minimum absolute atomic E-state index is 0.332. The van der Waals surface area contributed by atoms with Gasteiger partial charge in [0.25, 0.3) is 0 Å². The molecule has 0 saturated carbocycles. The maximum atomic E-state index is 13.3. The van der Waals surface area contributed by atoms with E-state index >= 15 is 0 Å². The molecule has 1 aromatic carbocycles. The fourth-order valence-corrected chi connectivity index (χ4v) is 1.41. The number of aliphatic carboxylic acids is 1. The zero-order chi connectivity index (χ0) is 14.6. The molecule has 2 amide bonds. The smallest absolute Gasteiger partial charge is 0.323 e. The van der Waals surface area contributed by atoms with Crippen LogP contribution in [0.2, 0.25) is 0 Å². The van der Waals surface area contributed by atoms with Gasteiger partial charge in [-0.05, 0) is 26.0 Å². The molecule has 0 heterocycles. The molecule has 0 aliphatic rings. The second-order valence-corrected chi connectivity index (χ2v) is 4.17. The van der Waals surface area contributed by atoms with Crippen LogP contribution in [-0.2, 0) is 4.79 Å². The van der Waals surface area contributed by atoms with Crippen molar-refractivity contribution >= 4 is 17.7 Å². The summed E-state index contributed by atoms with van der Waals surface area (Å²) in [5, 5.41) is 10.8. The van der Waals surface area contributed by atoms with Crippen LogP contribution in [-0.4, -0.2) is 34.6 Å². The highest BCUT2D eigenvalue weighted by Gasteiger charge is 2.20. The van der Waals surface area contributed by atoms with Crippen LogP contribution in [0.5, 0.6) is 0 Å². The summed E-state index contributed by atoms with van der Waals surface area (Å²) in [7, 11) is 0. The van der Waals surface area contributed by atoms with Crippen molar-refractivity contribution in [2.24, 2.45) is 0 Å². The molecule has 0 fully saturated rings. The van der Waals surface area contributed by atoms with Gasteiger partial charge in [-0.1, -0.05) is 0 Å². The summed E-state index contributed by atoms with van der Waals surface area (Å²) in [6, 6.07) is 1.42. The molecule has 2 N–H and O–H groups in total. The standard InChI is InChI=1S/C12H14F2N2O3/c1-7(2)16(6-11(17)18)12(19)15-10-5-8(13)3-4-9(10)14/h3-5,7H,6H2,1-2H3,(H,15,19)(H,17,18). The first-order chi connectivity index (χ1) is 8.81. The Morgan fingerprint density at radius 1 is 1.37 bits per heavy atom. The number of benzene rings is 1. The van der Waals surface area contributed by atoms with Gasteiger partial charge in [-0.15, -0.1) is 0 Å². The van der Waals surface area contributed by atoms with E-state index in [0.29, 0.717) is 0 Å². The van der Waals surface area contributed by atoms with Crippen molar-refractivity contribution in [1.29, 1.82) is 0 Å². The molecular weight excluding hydrogens is 258 g/mol. The van der Waals surface area contributed by atoms with E-state index in [1.807, 2.05) is 0 Å². The van der Waals surface area contributed by atoms with Gasteiger partial charge < -0.3 is 15.3 Å². The SMILES string of the molecule is CC(C)N(CC(=O)O)C(=O)Nc1cc(F)ccc1F. The average Bonchev–Trinajstić information content (AvgIpc) is 2.30. The number of nitrogens with zero attached hydrogens (tertiary/aromatic N) is 1. The van der Waals surface area contributed by atoms with Gasteiger partial charge in [0, 0.05) is 12.1 Å². The second-order valence-electron chi connectivity index (χ2n) is 4.17. The minimum atomic E-state index is -1.19. The van der Waals surface area contributed by atoms with Gasteiger partial charge in [0.1, 0.15) is 18.2 Å². The summed E-state index contributed by atoms with van der Waals surface area (Å²) in [5.74, 6) is -2.69. The molecule has 0 aliphatic heterocycles. The Kier molecular flexibility index (Phi) is 4.80. The van der Waals surface area contributed by atoms with Crippen LogP contribution in [0.25, 0.3) is 0 Å². The molecule has 0 bridgehead atoms. The number of urea groups is 1. The maximum Gasteiger partial charge on any atom is 0.323 e. The highest BCUT2D eigenvalue weighted by molar-refractivity contribution is 5.91. The average molecular weight is 272 g/mol. The molecule has 7 heteroatoms. The van der Waals surface area contributed by atoms with Crippen LogP contribution in [0.15, 0.2) is 18.2 Å². The van der Waals surface area contributed by atoms with Gasteiger partial charge >= 0.3 is 12.0 Å². The predicted molar refractivity (Wildman–Crippen MR) is 64.9 cm³/mol. The normalized spacial score (nSPS) is 10.4.